The Morgan fingerprint density at radius 1 is 1.30 bits per heavy atom. The van der Waals surface area contributed by atoms with Crippen LogP contribution >= 0.6 is 22.9 Å². The first kappa shape index (κ1) is 15.4. The van der Waals surface area contributed by atoms with Gasteiger partial charge in [-0.1, -0.05) is 30.7 Å². The van der Waals surface area contributed by atoms with Gasteiger partial charge in [-0.15, -0.1) is 11.3 Å². The maximum atomic E-state index is 6.01. The van der Waals surface area contributed by atoms with Crippen molar-refractivity contribution in [1.82, 2.24) is 4.90 Å². The number of thiophene rings is 1. The molecule has 1 aromatic carbocycles. The van der Waals surface area contributed by atoms with Gasteiger partial charge in [0.1, 0.15) is 5.75 Å². The van der Waals surface area contributed by atoms with Crippen molar-refractivity contribution in [1.29, 1.82) is 0 Å². The molecule has 1 atom stereocenters. The van der Waals surface area contributed by atoms with Crippen LogP contribution in [-0.2, 0) is 6.54 Å². The Morgan fingerprint density at radius 2 is 2.10 bits per heavy atom. The van der Waals surface area contributed by atoms with Crippen molar-refractivity contribution >= 4 is 22.9 Å². The molecule has 1 aromatic heterocycles. The minimum atomic E-state index is 0.343. The van der Waals surface area contributed by atoms with E-state index >= 15 is 0 Å². The summed E-state index contributed by atoms with van der Waals surface area (Å²) in [6.07, 6.45) is 0. The zero-order valence-corrected chi connectivity index (χ0v) is 13.7. The monoisotopic (exact) mass is 309 g/mol. The van der Waals surface area contributed by atoms with Crippen LogP contribution < -0.4 is 4.74 Å². The van der Waals surface area contributed by atoms with Crippen molar-refractivity contribution in [2.75, 3.05) is 13.7 Å². The molecule has 2 rings (SSSR count). The summed E-state index contributed by atoms with van der Waals surface area (Å²) in [6.45, 7) is 6.33. The molecule has 0 saturated carbocycles. The average Bonchev–Trinajstić information content (AvgIpc) is 2.89. The van der Waals surface area contributed by atoms with Gasteiger partial charge < -0.3 is 4.74 Å². The highest BCUT2D eigenvalue weighted by Gasteiger charge is 2.15. The maximum absolute atomic E-state index is 6.01. The SMILES string of the molecule is CCN(Cc1ccc(Cl)s1)C(C)c1cccc(OC)c1. The highest BCUT2D eigenvalue weighted by molar-refractivity contribution is 7.16. The zero-order chi connectivity index (χ0) is 14.5. The van der Waals surface area contributed by atoms with Crippen molar-refractivity contribution in [3.8, 4) is 5.75 Å². The van der Waals surface area contributed by atoms with Crippen molar-refractivity contribution < 1.29 is 4.74 Å². The molecule has 0 saturated heterocycles. The van der Waals surface area contributed by atoms with Crippen LogP contribution in [0.15, 0.2) is 36.4 Å². The molecule has 20 heavy (non-hydrogen) atoms. The summed E-state index contributed by atoms with van der Waals surface area (Å²) in [4.78, 5) is 3.73. The van der Waals surface area contributed by atoms with Crippen molar-refractivity contribution in [2.24, 2.45) is 0 Å². The van der Waals surface area contributed by atoms with E-state index in [0.29, 0.717) is 6.04 Å². The van der Waals surface area contributed by atoms with E-state index in [4.69, 9.17) is 16.3 Å². The van der Waals surface area contributed by atoms with E-state index < -0.39 is 0 Å². The van der Waals surface area contributed by atoms with Gasteiger partial charge in [-0.05, 0) is 43.3 Å². The molecule has 1 unspecified atom stereocenters. The molecule has 0 aliphatic carbocycles. The molecule has 4 heteroatoms. The highest BCUT2D eigenvalue weighted by atomic mass is 35.5. The molecule has 1 heterocycles. The second-order valence-corrected chi connectivity index (χ2v) is 6.52. The number of rotatable bonds is 6. The van der Waals surface area contributed by atoms with Crippen LogP contribution in [0.1, 0.15) is 30.3 Å². The van der Waals surface area contributed by atoms with Crippen molar-refractivity contribution in [3.63, 3.8) is 0 Å². The standard InChI is InChI=1S/C16H20ClNOS/c1-4-18(11-15-8-9-16(17)20-15)12(2)13-6-5-7-14(10-13)19-3/h5-10,12H,4,11H2,1-3H3. The lowest BCUT2D eigenvalue weighted by Gasteiger charge is -2.28. The minimum Gasteiger partial charge on any atom is -0.497 e. The van der Waals surface area contributed by atoms with E-state index in [2.05, 4.69) is 36.9 Å². The Morgan fingerprint density at radius 3 is 2.70 bits per heavy atom. The number of hydrogen-bond acceptors (Lipinski definition) is 3. The van der Waals surface area contributed by atoms with Crippen LogP contribution in [0.2, 0.25) is 4.34 Å². The molecule has 0 aliphatic rings. The molecule has 0 aliphatic heterocycles. The van der Waals surface area contributed by atoms with Gasteiger partial charge in [-0.3, -0.25) is 4.90 Å². The second kappa shape index (κ2) is 7.11. The number of nitrogens with zero attached hydrogens (tertiary/aromatic N) is 1. The van der Waals surface area contributed by atoms with Crippen LogP contribution in [0.5, 0.6) is 5.75 Å². The zero-order valence-electron chi connectivity index (χ0n) is 12.1. The fourth-order valence-corrected chi connectivity index (χ4v) is 3.38. The normalized spacial score (nSPS) is 12.7. The predicted octanol–water partition coefficient (Wildman–Crippen LogP) is 4.99. The smallest absolute Gasteiger partial charge is 0.119 e. The number of hydrogen-bond donors (Lipinski definition) is 0. The van der Waals surface area contributed by atoms with Crippen molar-refractivity contribution in [2.45, 2.75) is 26.4 Å². The summed E-state index contributed by atoms with van der Waals surface area (Å²) in [6, 6.07) is 12.7. The average molecular weight is 310 g/mol. The number of halogens is 1. The van der Waals surface area contributed by atoms with Gasteiger partial charge in [0.15, 0.2) is 0 Å². The summed E-state index contributed by atoms with van der Waals surface area (Å²) in [7, 11) is 1.70. The van der Waals surface area contributed by atoms with Gasteiger partial charge in [-0.2, -0.15) is 0 Å². The fraction of sp³-hybridized carbons (Fsp3) is 0.375. The molecule has 0 fully saturated rings. The first-order valence-corrected chi connectivity index (χ1v) is 7.95. The summed E-state index contributed by atoms with van der Waals surface area (Å²) < 4.78 is 6.16. The van der Waals surface area contributed by atoms with E-state index in [1.165, 1.54) is 10.4 Å². The molecule has 0 spiro atoms. The van der Waals surface area contributed by atoms with Gasteiger partial charge in [0.25, 0.3) is 0 Å². The Hall–Kier alpha value is -1.03. The summed E-state index contributed by atoms with van der Waals surface area (Å²) >= 11 is 7.66. The first-order chi connectivity index (χ1) is 9.63. The van der Waals surface area contributed by atoms with E-state index in [1.807, 2.05) is 18.2 Å². The Labute approximate surface area is 129 Å². The lowest BCUT2D eigenvalue weighted by molar-refractivity contribution is 0.214. The van der Waals surface area contributed by atoms with Crippen LogP contribution in [-0.4, -0.2) is 18.6 Å². The molecular formula is C16H20ClNOS. The van der Waals surface area contributed by atoms with Gasteiger partial charge >= 0.3 is 0 Å². The third kappa shape index (κ3) is 3.75. The van der Waals surface area contributed by atoms with E-state index in [9.17, 15) is 0 Å². The summed E-state index contributed by atoms with van der Waals surface area (Å²) in [5, 5.41) is 0. The van der Waals surface area contributed by atoms with Crippen molar-refractivity contribution in [3.05, 3.63) is 51.2 Å². The predicted molar refractivity (Wildman–Crippen MR) is 86.8 cm³/mol. The number of methoxy groups -OCH3 is 1. The molecule has 0 N–H and O–H groups in total. The molecule has 0 amide bonds. The minimum absolute atomic E-state index is 0.343. The van der Waals surface area contributed by atoms with Crippen LogP contribution in [0.4, 0.5) is 0 Å². The fourth-order valence-electron chi connectivity index (χ4n) is 2.27. The Kier molecular flexibility index (Phi) is 5.46. The van der Waals surface area contributed by atoms with Crippen LogP contribution in [0.3, 0.4) is 0 Å². The van der Waals surface area contributed by atoms with E-state index in [-0.39, 0.29) is 0 Å². The maximum Gasteiger partial charge on any atom is 0.119 e. The molecule has 108 valence electrons. The third-order valence-corrected chi connectivity index (χ3v) is 4.73. The highest BCUT2D eigenvalue weighted by Crippen LogP contribution is 2.28. The largest absolute Gasteiger partial charge is 0.497 e. The topological polar surface area (TPSA) is 12.5 Å². The molecular weight excluding hydrogens is 290 g/mol. The first-order valence-electron chi connectivity index (χ1n) is 6.76. The van der Waals surface area contributed by atoms with Crippen LogP contribution in [0, 0.1) is 0 Å². The molecule has 0 radical (unpaired) electrons. The van der Waals surface area contributed by atoms with Gasteiger partial charge in [-0.25, -0.2) is 0 Å². The third-order valence-electron chi connectivity index (χ3n) is 3.52. The lowest BCUT2D eigenvalue weighted by Crippen LogP contribution is -2.25. The lowest BCUT2D eigenvalue weighted by atomic mass is 10.1. The molecule has 2 aromatic rings. The quantitative estimate of drug-likeness (QED) is 0.745. The Balaban J connectivity index is 2.13. The number of ether oxygens (including phenoxy) is 1. The van der Waals surface area contributed by atoms with Gasteiger partial charge in [0.05, 0.1) is 11.4 Å². The van der Waals surface area contributed by atoms with Gasteiger partial charge in [0, 0.05) is 17.5 Å². The van der Waals surface area contributed by atoms with E-state index in [0.717, 1.165) is 23.2 Å². The molecule has 2 nitrogen and oxygen atoms in total. The Bertz CT molecular complexity index is 555. The summed E-state index contributed by atoms with van der Waals surface area (Å²) in [5.41, 5.74) is 1.27. The van der Waals surface area contributed by atoms with E-state index in [1.54, 1.807) is 18.4 Å². The number of benzene rings is 1. The molecule has 0 bridgehead atoms. The van der Waals surface area contributed by atoms with Crippen LogP contribution in [0.25, 0.3) is 0 Å². The van der Waals surface area contributed by atoms with Gasteiger partial charge in [0.2, 0.25) is 0 Å². The summed E-state index contributed by atoms with van der Waals surface area (Å²) in [5.74, 6) is 0.907. The second-order valence-electron chi connectivity index (χ2n) is 4.72.